The predicted molar refractivity (Wildman–Crippen MR) is 52.2 cm³/mol. The quantitative estimate of drug-likeness (QED) is 0.580. The maximum Gasteiger partial charge on any atom is 0.00979 e. The number of nitrogens with zero attached hydrogens (tertiary/aromatic N) is 1. The van der Waals surface area contributed by atoms with Crippen molar-refractivity contribution in [1.29, 1.82) is 0 Å². The lowest BCUT2D eigenvalue weighted by Gasteiger charge is -2.42. The topological polar surface area (TPSA) is 3.24 Å². The zero-order valence-electron chi connectivity index (χ0n) is 8.26. The van der Waals surface area contributed by atoms with Gasteiger partial charge < -0.3 is 4.90 Å². The van der Waals surface area contributed by atoms with Gasteiger partial charge in [-0.15, -0.1) is 0 Å². The molecule has 0 spiro atoms. The van der Waals surface area contributed by atoms with Gasteiger partial charge in [-0.05, 0) is 44.7 Å². The Morgan fingerprint density at radius 1 is 1.17 bits per heavy atom. The fourth-order valence-electron chi connectivity index (χ4n) is 2.84. The van der Waals surface area contributed by atoms with Crippen molar-refractivity contribution in [2.24, 2.45) is 5.92 Å². The van der Waals surface area contributed by atoms with Gasteiger partial charge in [0.15, 0.2) is 0 Å². The Morgan fingerprint density at radius 2 is 2.08 bits per heavy atom. The highest BCUT2D eigenvalue weighted by Crippen LogP contribution is 2.30. The normalized spacial score (nSPS) is 37.8. The fraction of sp³-hybridized carbons (Fsp3) is 1.00. The second-order valence-corrected chi connectivity index (χ2v) is 4.48. The molecular weight excluding hydrogens is 146 g/mol. The molecule has 2 fully saturated rings. The van der Waals surface area contributed by atoms with Gasteiger partial charge in [0.25, 0.3) is 0 Å². The van der Waals surface area contributed by atoms with E-state index in [0.717, 1.165) is 12.0 Å². The molecule has 2 saturated heterocycles. The van der Waals surface area contributed by atoms with Gasteiger partial charge in [-0.2, -0.15) is 0 Å². The molecule has 12 heavy (non-hydrogen) atoms. The first-order valence-corrected chi connectivity index (χ1v) is 5.64. The van der Waals surface area contributed by atoms with Crippen molar-refractivity contribution < 1.29 is 0 Å². The van der Waals surface area contributed by atoms with Gasteiger partial charge in [0, 0.05) is 6.04 Å². The van der Waals surface area contributed by atoms with E-state index in [-0.39, 0.29) is 0 Å². The maximum atomic E-state index is 2.73. The Labute approximate surface area is 76.1 Å². The van der Waals surface area contributed by atoms with Crippen LogP contribution in [0.1, 0.15) is 45.4 Å². The molecule has 0 radical (unpaired) electrons. The number of piperidine rings is 2. The molecule has 1 nitrogen and oxygen atoms in total. The molecule has 0 bridgehead atoms. The van der Waals surface area contributed by atoms with Crippen LogP contribution >= 0.6 is 0 Å². The van der Waals surface area contributed by atoms with E-state index in [9.17, 15) is 0 Å². The molecule has 0 saturated carbocycles. The van der Waals surface area contributed by atoms with Gasteiger partial charge in [-0.25, -0.2) is 0 Å². The number of rotatable bonds is 1. The third-order valence-corrected chi connectivity index (χ3v) is 3.76. The zero-order chi connectivity index (χ0) is 8.39. The van der Waals surface area contributed by atoms with Crippen LogP contribution < -0.4 is 0 Å². The van der Waals surface area contributed by atoms with Gasteiger partial charge in [-0.3, -0.25) is 0 Å². The van der Waals surface area contributed by atoms with Gasteiger partial charge in [0.2, 0.25) is 0 Å². The molecule has 0 unspecified atom stereocenters. The molecule has 70 valence electrons. The first-order chi connectivity index (χ1) is 5.90. The van der Waals surface area contributed by atoms with E-state index in [0.29, 0.717) is 0 Å². The third kappa shape index (κ3) is 1.66. The molecule has 2 rings (SSSR count). The monoisotopic (exact) mass is 167 g/mol. The molecule has 0 N–H and O–H groups in total. The van der Waals surface area contributed by atoms with E-state index >= 15 is 0 Å². The van der Waals surface area contributed by atoms with Crippen LogP contribution in [0.3, 0.4) is 0 Å². The summed E-state index contributed by atoms with van der Waals surface area (Å²) < 4.78 is 0. The summed E-state index contributed by atoms with van der Waals surface area (Å²) in [6, 6.07) is 0.970. The summed E-state index contributed by atoms with van der Waals surface area (Å²) in [6.45, 7) is 5.13. The van der Waals surface area contributed by atoms with E-state index in [2.05, 4.69) is 11.8 Å². The van der Waals surface area contributed by atoms with Crippen LogP contribution in [-0.4, -0.2) is 24.0 Å². The molecule has 2 atom stereocenters. The SMILES string of the molecule is CC[C@H]1CCN2CCCC[C@@H]2C1. The number of fused-ring (bicyclic) bond motifs is 1. The second-order valence-electron chi connectivity index (χ2n) is 4.48. The smallest absolute Gasteiger partial charge is 0.00979 e. The molecular formula is C11H21N. The highest BCUT2D eigenvalue weighted by atomic mass is 15.2. The summed E-state index contributed by atoms with van der Waals surface area (Å²) in [7, 11) is 0. The Hall–Kier alpha value is -0.0400. The molecule has 2 aliphatic rings. The molecule has 0 aromatic rings. The van der Waals surface area contributed by atoms with Crippen molar-refractivity contribution >= 4 is 0 Å². The van der Waals surface area contributed by atoms with E-state index in [4.69, 9.17) is 0 Å². The molecule has 0 aromatic heterocycles. The summed E-state index contributed by atoms with van der Waals surface area (Å²) in [5, 5.41) is 0. The standard InChI is InChI=1S/C11H21N/c1-2-10-6-8-12-7-4-3-5-11(12)9-10/h10-11H,2-9H2,1H3/t10-,11+/m0/s1. The Bertz CT molecular complexity index is 144. The van der Waals surface area contributed by atoms with Gasteiger partial charge >= 0.3 is 0 Å². The van der Waals surface area contributed by atoms with Crippen LogP contribution in [0.4, 0.5) is 0 Å². The summed E-state index contributed by atoms with van der Waals surface area (Å²) >= 11 is 0. The van der Waals surface area contributed by atoms with Gasteiger partial charge in [-0.1, -0.05) is 19.8 Å². The van der Waals surface area contributed by atoms with Crippen molar-refractivity contribution in [3.63, 3.8) is 0 Å². The predicted octanol–water partition coefficient (Wildman–Crippen LogP) is 2.66. The van der Waals surface area contributed by atoms with Crippen molar-refractivity contribution in [3.8, 4) is 0 Å². The van der Waals surface area contributed by atoms with Crippen LogP contribution in [0.25, 0.3) is 0 Å². The summed E-state index contributed by atoms with van der Waals surface area (Å²) in [5.74, 6) is 1.05. The molecule has 0 aromatic carbocycles. The largest absolute Gasteiger partial charge is 0.300 e. The molecule has 1 heteroatoms. The summed E-state index contributed by atoms with van der Waals surface area (Å²) in [6.07, 6.45) is 8.79. The number of hydrogen-bond donors (Lipinski definition) is 0. The highest BCUT2D eigenvalue weighted by Gasteiger charge is 2.28. The molecule has 0 aliphatic carbocycles. The van der Waals surface area contributed by atoms with E-state index in [1.165, 1.54) is 51.6 Å². The average molecular weight is 167 g/mol. The Morgan fingerprint density at radius 3 is 2.92 bits per heavy atom. The van der Waals surface area contributed by atoms with Crippen molar-refractivity contribution in [2.75, 3.05) is 13.1 Å². The van der Waals surface area contributed by atoms with Crippen LogP contribution in [0.2, 0.25) is 0 Å². The van der Waals surface area contributed by atoms with Crippen molar-refractivity contribution in [2.45, 2.75) is 51.5 Å². The van der Waals surface area contributed by atoms with Crippen LogP contribution in [0.15, 0.2) is 0 Å². The zero-order valence-corrected chi connectivity index (χ0v) is 8.26. The third-order valence-electron chi connectivity index (χ3n) is 3.76. The highest BCUT2D eigenvalue weighted by molar-refractivity contribution is 4.83. The lowest BCUT2D eigenvalue weighted by molar-refractivity contribution is 0.0776. The Balaban J connectivity index is 1.90. The van der Waals surface area contributed by atoms with Crippen molar-refractivity contribution in [1.82, 2.24) is 4.90 Å². The molecule has 2 aliphatic heterocycles. The minimum absolute atomic E-state index is 0.970. The fourth-order valence-corrected chi connectivity index (χ4v) is 2.84. The average Bonchev–Trinajstić information content (AvgIpc) is 2.17. The molecule has 2 heterocycles. The van der Waals surface area contributed by atoms with Crippen LogP contribution in [0.5, 0.6) is 0 Å². The van der Waals surface area contributed by atoms with Crippen molar-refractivity contribution in [3.05, 3.63) is 0 Å². The molecule has 0 amide bonds. The number of hydrogen-bond acceptors (Lipinski definition) is 1. The van der Waals surface area contributed by atoms with E-state index in [1.54, 1.807) is 0 Å². The lowest BCUT2D eigenvalue weighted by atomic mass is 9.85. The van der Waals surface area contributed by atoms with Gasteiger partial charge in [0.1, 0.15) is 0 Å². The van der Waals surface area contributed by atoms with Crippen LogP contribution in [-0.2, 0) is 0 Å². The van der Waals surface area contributed by atoms with Gasteiger partial charge in [0.05, 0.1) is 0 Å². The first-order valence-electron chi connectivity index (χ1n) is 5.64. The summed E-state index contributed by atoms with van der Waals surface area (Å²) in [4.78, 5) is 2.73. The lowest BCUT2D eigenvalue weighted by Crippen LogP contribution is -2.45. The minimum atomic E-state index is 0.970. The minimum Gasteiger partial charge on any atom is -0.300 e. The summed E-state index contributed by atoms with van der Waals surface area (Å²) in [5.41, 5.74) is 0. The second kappa shape index (κ2) is 3.78. The van der Waals surface area contributed by atoms with E-state index < -0.39 is 0 Å². The first kappa shape index (κ1) is 8.55. The van der Waals surface area contributed by atoms with Crippen LogP contribution in [0, 0.1) is 5.92 Å². The Kier molecular flexibility index (Phi) is 2.69. The maximum absolute atomic E-state index is 2.73. The van der Waals surface area contributed by atoms with E-state index in [1.807, 2.05) is 0 Å².